The molecule has 3 heteroatoms. The van der Waals surface area contributed by atoms with Crippen LogP contribution >= 0.6 is 0 Å². The van der Waals surface area contributed by atoms with Crippen LogP contribution in [0.15, 0.2) is 30.3 Å². The molecule has 0 aromatic heterocycles. The van der Waals surface area contributed by atoms with Crippen molar-refractivity contribution < 1.29 is 9.84 Å². The minimum Gasteiger partial charge on any atom is -0.389 e. The molecule has 0 aliphatic rings. The first-order valence-electron chi connectivity index (χ1n) is 8.07. The summed E-state index contributed by atoms with van der Waals surface area (Å²) in [5.41, 5.74) is 1.14. The summed E-state index contributed by atoms with van der Waals surface area (Å²) in [4.78, 5) is 0. The van der Waals surface area contributed by atoms with Crippen LogP contribution in [0.3, 0.4) is 0 Å². The summed E-state index contributed by atoms with van der Waals surface area (Å²) in [6.45, 7) is 9.60. The number of aliphatic hydroxyl groups is 1. The lowest BCUT2D eigenvalue weighted by molar-refractivity contribution is -0.00284. The molecule has 3 atom stereocenters. The smallest absolute Gasteiger partial charge is 0.0898 e. The first-order chi connectivity index (χ1) is 9.99. The molecule has 0 fully saturated rings. The molecule has 0 amide bonds. The fourth-order valence-corrected chi connectivity index (χ4v) is 2.16. The molecule has 0 aliphatic carbocycles. The molecule has 0 aliphatic heterocycles. The Bertz CT molecular complexity index is 367. The van der Waals surface area contributed by atoms with Crippen molar-refractivity contribution in [3.63, 3.8) is 0 Å². The van der Waals surface area contributed by atoms with Crippen LogP contribution in [0, 0.1) is 5.92 Å². The number of nitrogens with one attached hydrogen (secondary N) is 1. The molecule has 3 nitrogen and oxygen atoms in total. The second-order valence-electron chi connectivity index (χ2n) is 6.32. The quantitative estimate of drug-likeness (QED) is 0.693. The summed E-state index contributed by atoms with van der Waals surface area (Å²) in [5.74, 6) is 0.731. The average Bonchev–Trinajstić information content (AvgIpc) is 2.49. The lowest BCUT2D eigenvalue weighted by atomic mass is 10.0. The zero-order chi connectivity index (χ0) is 15.7. The van der Waals surface area contributed by atoms with Crippen molar-refractivity contribution >= 4 is 0 Å². The molecule has 1 aromatic carbocycles. The van der Waals surface area contributed by atoms with Crippen molar-refractivity contribution in [2.45, 2.75) is 58.8 Å². The summed E-state index contributed by atoms with van der Waals surface area (Å²) in [6, 6.07) is 10.5. The van der Waals surface area contributed by atoms with Crippen LogP contribution in [0.5, 0.6) is 0 Å². The van der Waals surface area contributed by atoms with E-state index < -0.39 is 6.10 Å². The van der Waals surface area contributed by atoms with Gasteiger partial charge in [0.05, 0.1) is 18.8 Å². The Hall–Kier alpha value is -0.900. The first kappa shape index (κ1) is 18.1. The van der Waals surface area contributed by atoms with Crippen LogP contribution in [0.25, 0.3) is 0 Å². The standard InChI is InChI=1S/C18H31NO2/c1-14(2)10-11-15(3)19-12-18(20)13-21-16(4)17-8-6-5-7-9-17/h5-9,14-16,18-20H,10-13H2,1-4H3. The van der Waals surface area contributed by atoms with Crippen molar-refractivity contribution in [2.24, 2.45) is 5.92 Å². The van der Waals surface area contributed by atoms with Gasteiger partial charge in [-0.05, 0) is 38.2 Å². The Morgan fingerprint density at radius 1 is 1.05 bits per heavy atom. The van der Waals surface area contributed by atoms with Gasteiger partial charge in [0.2, 0.25) is 0 Å². The normalized spacial score (nSPS) is 15.9. The molecule has 2 N–H and O–H groups in total. The van der Waals surface area contributed by atoms with Gasteiger partial charge >= 0.3 is 0 Å². The highest BCUT2D eigenvalue weighted by molar-refractivity contribution is 5.16. The van der Waals surface area contributed by atoms with Gasteiger partial charge in [-0.3, -0.25) is 0 Å². The summed E-state index contributed by atoms with van der Waals surface area (Å²) < 4.78 is 5.73. The lowest BCUT2D eigenvalue weighted by Crippen LogP contribution is -2.36. The monoisotopic (exact) mass is 293 g/mol. The van der Waals surface area contributed by atoms with Gasteiger partial charge in [-0.15, -0.1) is 0 Å². The van der Waals surface area contributed by atoms with Gasteiger partial charge in [-0.2, -0.15) is 0 Å². The first-order valence-corrected chi connectivity index (χ1v) is 8.07. The molecule has 1 rings (SSSR count). The predicted octanol–water partition coefficient (Wildman–Crippen LogP) is 3.54. The Kier molecular flexibility index (Phi) is 8.58. The average molecular weight is 293 g/mol. The van der Waals surface area contributed by atoms with Gasteiger partial charge in [-0.1, -0.05) is 44.2 Å². The van der Waals surface area contributed by atoms with E-state index in [9.17, 15) is 5.11 Å². The minimum absolute atomic E-state index is 0.0132. The van der Waals surface area contributed by atoms with E-state index in [0.29, 0.717) is 19.2 Å². The Morgan fingerprint density at radius 3 is 2.33 bits per heavy atom. The number of hydrogen-bond acceptors (Lipinski definition) is 3. The van der Waals surface area contributed by atoms with E-state index in [1.54, 1.807) is 0 Å². The maximum Gasteiger partial charge on any atom is 0.0898 e. The third kappa shape index (κ3) is 8.20. The van der Waals surface area contributed by atoms with E-state index in [1.165, 1.54) is 6.42 Å². The van der Waals surface area contributed by atoms with Gasteiger partial charge in [0.25, 0.3) is 0 Å². The third-order valence-electron chi connectivity index (χ3n) is 3.69. The van der Waals surface area contributed by atoms with Crippen molar-refractivity contribution in [3.8, 4) is 0 Å². The number of hydrogen-bond donors (Lipinski definition) is 2. The van der Waals surface area contributed by atoms with Crippen molar-refractivity contribution in [3.05, 3.63) is 35.9 Å². The van der Waals surface area contributed by atoms with Crippen LogP contribution in [-0.2, 0) is 4.74 Å². The van der Waals surface area contributed by atoms with Gasteiger partial charge in [0, 0.05) is 12.6 Å². The maximum absolute atomic E-state index is 9.98. The molecule has 0 bridgehead atoms. The zero-order valence-corrected chi connectivity index (χ0v) is 13.9. The third-order valence-corrected chi connectivity index (χ3v) is 3.69. The second-order valence-corrected chi connectivity index (χ2v) is 6.32. The number of benzene rings is 1. The summed E-state index contributed by atoms with van der Waals surface area (Å²) >= 11 is 0. The number of ether oxygens (including phenoxy) is 1. The van der Waals surface area contributed by atoms with Crippen molar-refractivity contribution in [2.75, 3.05) is 13.2 Å². The SMILES string of the molecule is CC(C)CCC(C)NCC(O)COC(C)c1ccccc1. The van der Waals surface area contributed by atoms with Crippen LogP contribution < -0.4 is 5.32 Å². The van der Waals surface area contributed by atoms with Gasteiger partial charge in [0.1, 0.15) is 0 Å². The molecule has 21 heavy (non-hydrogen) atoms. The molecule has 0 saturated carbocycles. The van der Waals surface area contributed by atoms with E-state index in [1.807, 2.05) is 37.3 Å². The van der Waals surface area contributed by atoms with Crippen LogP contribution in [0.2, 0.25) is 0 Å². The molecule has 0 radical (unpaired) electrons. The van der Waals surface area contributed by atoms with E-state index >= 15 is 0 Å². The van der Waals surface area contributed by atoms with E-state index in [-0.39, 0.29) is 6.10 Å². The minimum atomic E-state index is -0.460. The highest BCUT2D eigenvalue weighted by Crippen LogP contribution is 2.15. The Balaban J connectivity index is 2.17. The van der Waals surface area contributed by atoms with E-state index in [2.05, 4.69) is 26.1 Å². The van der Waals surface area contributed by atoms with Crippen molar-refractivity contribution in [1.29, 1.82) is 0 Å². The molecule has 0 heterocycles. The molecular weight excluding hydrogens is 262 g/mol. The van der Waals surface area contributed by atoms with Crippen LogP contribution in [0.1, 0.15) is 52.2 Å². The largest absolute Gasteiger partial charge is 0.389 e. The Morgan fingerprint density at radius 2 is 1.71 bits per heavy atom. The topological polar surface area (TPSA) is 41.5 Å². The van der Waals surface area contributed by atoms with E-state index in [4.69, 9.17) is 4.74 Å². The second kappa shape index (κ2) is 9.93. The fourth-order valence-electron chi connectivity index (χ4n) is 2.16. The summed E-state index contributed by atoms with van der Waals surface area (Å²) in [7, 11) is 0. The molecule has 0 spiro atoms. The molecule has 3 unspecified atom stereocenters. The lowest BCUT2D eigenvalue weighted by Gasteiger charge is -2.20. The summed E-state index contributed by atoms with van der Waals surface area (Å²) in [6.07, 6.45) is 1.91. The zero-order valence-electron chi connectivity index (χ0n) is 13.9. The van der Waals surface area contributed by atoms with Crippen LogP contribution in [0.4, 0.5) is 0 Å². The highest BCUT2D eigenvalue weighted by Gasteiger charge is 2.11. The molecule has 1 aromatic rings. The van der Waals surface area contributed by atoms with Crippen molar-refractivity contribution in [1.82, 2.24) is 5.32 Å². The number of aliphatic hydroxyl groups excluding tert-OH is 1. The van der Waals surface area contributed by atoms with Gasteiger partial charge in [0.15, 0.2) is 0 Å². The van der Waals surface area contributed by atoms with Gasteiger partial charge < -0.3 is 15.2 Å². The maximum atomic E-state index is 9.98. The summed E-state index contributed by atoms with van der Waals surface area (Å²) in [5, 5.41) is 13.4. The van der Waals surface area contributed by atoms with E-state index in [0.717, 1.165) is 17.9 Å². The fraction of sp³-hybridized carbons (Fsp3) is 0.667. The Labute approximate surface area is 129 Å². The molecular formula is C18H31NO2. The van der Waals surface area contributed by atoms with Crippen LogP contribution in [-0.4, -0.2) is 30.4 Å². The predicted molar refractivity (Wildman–Crippen MR) is 88.4 cm³/mol. The highest BCUT2D eigenvalue weighted by atomic mass is 16.5. The number of rotatable bonds is 10. The molecule has 0 saturated heterocycles. The van der Waals surface area contributed by atoms with Gasteiger partial charge in [-0.25, -0.2) is 0 Å². The molecule has 120 valence electrons.